The second-order valence-corrected chi connectivity index (χ2v) is 5.88. The number of rotatable bonds is 2. The molecule has 0 bridgehead atoms. The zero-order valence-corrected chi connectivity index (χ0v) is 10.7. The van der Waals surface area contributed by atoms with Gasteiger partial charge >= 0.3 is 0 Å². The SMILES string of the molecule is Cc1cccnc1S(=O)(=O)c1ccc(Cl)cc1. The summed E-state index contributed by atoms with van der Waals surface area (Å²) in [5, 5.41) is 0.587. The molecule has 5 heteroatoms. The lowest BCUT2D eigenvalue weighted by Gasteiger charge is -2.06. The minimum atomic E-state index is -3.56. The highest BCUT2D eigenvalue weighted by Crippen LogP contribution is 2.22. The molecule has 0 amide bonds. The van der Waals surface area contributed by atoms with Gasteiger partial charge in [0.1, 0.15) is 0 Å². The van der Waals surface area contributed by atoms with Crippen molar-refractivity contribution < 1.29 is 8.42 Å². The van der Waals surface area contributed by atoms with E-state index >= 15 is 0 Å². The lowest BCUT2D eigenvalue weighted by molar-refractivity contribution is 0.591. The molecule has 0 saturated heterocycles. The van der Waals surface area contributed by atoms with Crippen LogP contribution < -0.4 is 0 Å². The van der Waals surface area contributed by atoms with Gasteiger partial charge in [-0.1, -0.05) is 17.7 Å². The number of halogens is 1. The van der Waals surface area contributed by atoms with Gasteiger partial charge in [-0.25, -0.2) is 13.4 Å². The first kappa shape index (κ1) is 12.1. The molecule has 1 heterocycles. The quantitative estimate of drug-likeness (QED) is 0.841. The van der Waals surface area contributed by atoms with Gasteiger partial charge in [-0.15, -0.1) is 0 Å². The third kappa shape index (κ3) is 2.33. The Balaban J connectivity index is 2.58. The molecule has 0 unspecified atom stereocenters. The Kier molecular flexibility index (Phi) is 3.17. The van der Waals surface area contributed by atoms with Crippen molar-refractivity contribution in [1.29, 1.82) is 0 Å². The zero-order valence-electron chi connectivity index (χ0n) is 9.09. The number of benzene rings is 1. The molecule has 2 aromatic rings. The van der Waals surface area contributed by atoms with Crippen LogP contribution >= 0.6 is 11.6 Å². The number of hydrogen-bond acceptors (Lipinski definition) is 3. The van der Waals surface area contributed by atoms with E-state index in [1.165, 1.54) is 18.3 Å². The van der Waals surface area contributed by atoms with E-state index in [0.717, 1.165) is 0 Å². The smallest absolute Gasteiger partial charge is 0.224 e. The largest absolute Gasteiger partial charge is 0.244 e. The molecule has 0 atom stereocenters. The first-order valence-corrected chi connectivity index (χ1v) is 6.80. The second kappa shape index (κ2) is 4.47. The maximum Gasteiger partial charge on any atom is 0.224 e. The van der Waals surface area contributed by atoms with Crippen molar-refractivity contribution in [2.75, 3.05) is 0 Å². The molecule has 0 aliphatic rings. The van der Waals surface area contributed by atoms with Crippen LogP contribution in [0.3, 0.4) is 0 Å². The summed E-state index contributed by atoms with van der Waals surface area (Å²) in [5.41, 5.74) is 0.627. The monoisotopic (exact) mass is 267 g/mol. The van der Waals surface area contributed by atoms with Crippen LogP contribution in [0.2, 0.25) is 5.02 Å². The molecule has 17 heavy (non-hydrogen) atoms. The number of sulfone groups is 1. The molecule has 0 radical (unpaired) electrons. The summed E-state index contributed by atoms with van der Waals surface area (Å²) < 4.78 is 24.5. The van der Waals surface area contributed by atoms with Crippen molar-refractivity contribution in [3.8, 4) is 0 Å². The lowest BCUT2D eigenvalue weighted by Crippen LogP contribution is -2.06. The van der Waals surface area contributed by atoms with Crippen molar-refractivity contribution in [1.82, 2.24) is 4.98 Å². The molecular formula is C12H10ClNO2S. The molecular weight excluding hydrogens is 258 g/mol. The molecule has 2 rings (SSSR count). The minimum Gasteiger partial charge on any atom is -0.244 e. The van der Waals surface area contributed by atoms with E-state index in [1.807, 2.05) is 0 Å². The Morgan fingerprint density at radius 3 is 2.35 bits per heavy atom. The molecule has 0 aliphatic heterocycles. The average Bonchev–Trinajstić information content (AvgIpc) is 2.30. The van der Waals surface area contributed by atoms with Crippen molar-refractivity contribution >= 4 is 21.4 Å². The average molecular weight is 268 g/mol. The topological polar surface area (TPSA) is 47.0 Å². The summed E-state index contributed by atoms with van der Waals surface area (Å²) in [4.78, 5) is 4.13. The van der Waals surface area contributed by atoms with Gasteiger partial charge in [-0.2, -0.15) is 0 Å². The van der Waals surface area contributed by atoms with Gasteiger partial charge in [0.05, 0.1) is 4.90 Å². The minimum absolute atomic E-state index is 0.0855. The van der Waals surface area contributed by atoms with Crippen LogP contribution in [0, 0.1) is 6.92 Å². The van der Waals surface area contributed by atoms with Crippen LogP contribution in [0.4, 0.5) is 0 Å². The van der Waals surface area contributed by atoms with Crippen LogP contribution in [0.5, 0.6) is 0 Å². The molecule has 88 valence electrons. The van der Waals surface area contributed by atoms with E-state index in [-0.39, 0.29) is 9.92 Å². The van der Waals surface area contributed by atoms with E-state index < -0.39 is 9.84 Å². The predicted molar refractivity (Wildman–Crippen MR) is 65.9 cm³/mol. The van der Waals surface area contributed by atoms with Gasteiger partial charge in [0.15, 0.2) is 5.03 Å². The molecule has 0 fully saturated rings. The highest BCUT2D eigenvalue weighted by atomic mass is 35.5. The van der Waals surface area contributed by atoms with Gasteiger partial charge < -0.3 is 0 Å². The van der Waals surface area contributed by atoms with Gasteiger partial charge in [0.2, 0.25) is 9.84 Å². The van der Waals surface area contributed by atoms with Gasteiger partial charge in [-0.3, -0.25) is 0 Å². The Morgan fingerprint density at radius 2 is 1.76 bits per heavy atom. The van der Waals surface area contributed by atoms with Gasteiger partial charge in [0.25, 0.3) is 0 Å². The fourth-order valence-electron chi connectivity index (χ4n) is 1.48. The van der Waals surface area contributed by atoms with E-state index in [9.17, 15) is 8.42 Å². The van der Waals surface area contributed by atoms with Gasteiger partial charge in [0, 0.05) is 11.2 Å². The Bertz CT molecular complexity index is 636. The summed E-state index contributed by atoms with van der Waals surface area (Å²) in [7, 11) is -3.56. The molecule has 0 aliphatic carbocycles. The summed E-state index contributed by atoms with van der Waals surface area (Å²) >= 11 is 5.73. The number of aryl methyl sites for hydroxylation is 1. The summed E-state index contributed by atoms with van der Waals surface area (Å²) in [6.07, 6.45) is 1.47. The summed E-state index contributed by atoms with van der Waals surface area (Å²) in [5.74, 6) is 0. The zero-order chi connectivity index (χ0) is 12.5. The third-order valence-electron chi connectivity index (χ3n) is 2.34. The first-order chi connectivity index (χ1) is 8.01. The molecule has 0 N–H and O–H groups in total. The fourth-order valence-corrected chi connectivity index (χ4v) is 3.01. The number of hydrogen-bond donors (Lipinski definition) is 0. The standard InChI is InChI=1S/C12H10ClNO2S/c1-9-3-2-8-14-12(9)17(15,16)11-6-4-10(13)5-7-11/h2-8H,1H3. The summed E-state index contributed by atoms with van der Waals surface area (Å²) in [6, 6.07) is 9.48. The maximum absolute atomic E-state index is 12.3. The Morgan fingerprint density at radius 1 is 1.12 bits per heavy atom. The second-order valence-electron chi connectivity index (χ2n) is 3.58. The highest BCUT2D eigenvalue weighted by Gasteiger charge is 2.20. The molecule has 1 aromatic heterocycles. The van der Waals surface area contributed by atoms with Crippen LogP contribution in [-0.4, -0.2) is 13.4 Å². The van der Waals surface area contributed by atoms with E-state index in [0.29, 0.717) is 10.6 Å². The third-order valence-corrected chi connectivity index (χ3v) is 4.42. The number of pyridine rings is 1. The van der Waals surface area contributed by atoms with E-state index in [1.54, 1.807) is 31.2 Å². The van der Waals surface area contributed by atoms with E-state index in [2.05, 4.69) is 4.98 Å². The Labute approximate surface area is 105 Å². The van der Waals surface area contributed by atoms with Crippen molar-refractivity contribution in [3.05, 3.63) is 53.2 Å². The maximum atomic E-state index is 12.3. The normalized spacial score (nSPS) is 11.4. The van der Waals surface area contributed by atoms with Crippen molar-refractivity contribution in [2.24, 2.45) is 0 Å². The van der Waals surface area contributed by atoms with Crippen LogP contribution in [0.25, 0.3) is 0 Å². The number of nitrogens with zero attached hydrogens (tertiary/aromatic N) is 1. The summed E-state index contributed by atoms with van der Waals surface area (Å²) in [6.45, 7) is 1.72. The van der Waals surface area contributed by atoms with Crippen LogP contribution in [0.15, 0.2) is 52.5 Å². The van der Waals surface area contributed by atoms with E-state index in [4.69, 9.17) is 11.6 Å². The van der Waals surface area contributed by atoms with Crippen LogP contribution in [-0.2, 0) is 9.84 Å². The highest BCUT2D eigenvalue weighted by molar-refractivity contribution is 7.91. The van der Waals surface area contributed by atoms with Gasteiger partial charge in [-0.05, 0) is 42.8 Å². The molecule has 1 aromatic carbocycles. The van der Waals surface area contributed by atoms with Crippen molar-refractivity contribution in [3.63, 3.8) is 0 Å². The fraction of sp³-hybridized carbons (Fsp3) is 0.0833. The number of aromatic nitrogens is 1. The van der Waals surface area contributed by atoms with Crippen molar-refractivity contribution in [2.45, 2.75) is 16.8 Å². The Hall–Kier alpha value is -1.39. The first-order valence-electron chi connectivity index (χ1n) is 4.94. The molecule has 0 spiro atoms. The predicted octanol–water partition coefficient (Wildman–Crippen LogP) is 2.88. The molecule has 3 nitrogen and oxygen atoms in total. The molecule has 0 saturated carbocycles. The van der Waals surface area contributed by atoms with Crippen LogP contribution in [0.1, 0.15) is 5.56 Å². The lowest BCUT2D eigenvalue weighted by atomic mass is 10.3.